The predicted octanol–water partition coefficient (Wildman–Crippen LogP) is 27.0. The zero-order valence-electron chi connectivity index (χ0n) is 66.1. The quantitative estimate of drug-likeness (QED) is 0.0195. The Balaban J connectivity index is 4.16. The lowest BCUT2D eigenvalue weighted by Crippen LogP contribution is -2.37. The molecule has 0 aliphatic heterocycles. The van der Waals surface area contributed by atoms with Gasteiger partial charge in [-0.05, 0) is 173 Å². The molecule has 0 rings (SSSR count). The van der Waals surface area contributed by atoms with E-state index in [1.807, 2.05) is 21.1 Å². The summed E-state index contributed by atoms with van der Waals surface area (Å²) in [6.45, 7) is 3.93. The van der Waals surface area contributed by atoms with E-state index >= 15 is 0 Å². The van der Waals surface area contributed by atoms with Gasteiger partial charge in [-0.1, -0.05) is 340 Å². The molecule has 9 nitrogen and oxygen atoms in total. The van der Waals surface area contributed by atoms with Crippen LogP contribution in [0.2, 0.25) is 0 Å². The number of quaternary nitrogens is 1. The first kappa shape index (κ1) is 97.5. The number of hydrogen-bond donors (Lipinski definition) is 0. The van der Waals surface area contributed by atoms with Crippen LogP contribution in [0, 0.1) is 0 Å². The van der Waals surface area contributed by atoms with Crippen LogP contribution in [0.4, 0.5) is 0 Å². The number of phosphoric acid groups is 1. The Hall–Kier alpha value is -6.45. The fourth-order valence-electron chi connectivity index (χ4n) is 9.98. The summed E-state index contributed by atoms with van der Waals surface area (Å²) in [5, 5.41) is 0. The molecule has 0 aliphatic rings. The highest BCUT2D eigenvalue weighted by Gasteiger charge is 2.22. The van der Waals surface area contributed by atoms with E-state index in [0.29, 0.717) is 23.9 Å². The number of rotatable bonds is 71. The monoisotopic (exact) mass is 1450 g/mol. The average molecular weight is 1450 g/mol. The number of carbonyl (C=O) groups excluding carboxylic acids is 2. The zero-order chi connectivity index (χ0) is 75.4. The number of likely N-dealkylation sites (N-methyl/N-ethyl adjacent to an activating group) is 1. The highest BCUT2D eigenvalue weighted by molar-refractivity contribution is 7.45. The fraction of sp³-hybridized carbons (Fsp3) is 0.532. The second-order valence-corrected chi connectivity index (χ2v) is 28.4. The first-order valence-corrected chi connectivity index (χ1v) is 41.9. The average Bonchev–Trinajstić information content (AvgIpc) is 0.915. The Morgan fingerprint density at radius 2 is 0.519 bits per heavy atom. The van der Waals surface area contributed by atoms with Crippen molar-refractivity contribution in [2.75, 3.05) is 47.5 Å². The van der Waals surface area contributed by atoms with Crippen molar-refractivity contribution in [1.29, 1.82) is 0 Å². The van der Waals surface area contributed by atoms with Gasteiger partial charge in [-0.25, -0.2) is 0 Å². The fourth-order valence-corrected chi connectivity index (χ4v) is 10.7. The van der Waals surface area contributed by atoms with Crippen molar-refractivity contribution in [2.24, 2.45) is 0 Å². The van der Waals surface area contributed by atoms with Gasteiger partial charge in [0.25, 0.3) is 7.82 Å². The summed E-state index contributed by atoms with van der Waals surface area (Å²) < 4.78 is 34.3. The van der Waals surface area contributed by atoms with E-state index in [4.69, 9.17) is 18.5 Å². The molecule has 0 fully saturated rings. The van der Waals surface area contributed by atoms with Crippen LogP contribution < -0.4 is 4.89 Å². The van der Waals surface area contributed by atoms with Gasteiger partial charge in [-0.2, -0.15) is 0 Å². The molecule has 0 saturated carbocycles. The SMILES string of the molecule is CC/C=C\C/C=C\C/C=C\C/C=C\C/C=C\C/C=C\C/C=C\C/C=C\C/C=C\C/C=C\C/C=C\C/C=C\CCCCC(=O)OC(COC(=O)CCCCCCCCCCCCCCC/C=C\C/C=C\C/C=C\C/C=C\C/C=C\C/C=C\C/C=C\C/C=C\C/C=C\CC)COP(=O)([O-])OCC[N+](C)(C)C. The van der Waals surface area contributed by atoms with Crippen LogP contribution >= 0.6 is 7.82 Å². The maximum Gasteiger partial charge on any atom is 0.306 e. The Morgan fingerprint density at radius 3 is 0.788 bits per heavy atom. The van der Waals surface area contributed by atoms with Crippen LogP contribution in [-0.2, 0) is 32.7 Å². The van der Waals surface area contributed by atoms with Gasteiger partial charge in [0.1, 0.15) is 19.8 Å². The van der Waals surface area contributed by atoms with Gasteiger partial charge in [-0.15, -0.1) is 0 Å². The van der Waals surface area contributed by atoms with Gasteiger partial charge in [-0.3, -0.25) is 14.2 Å². The molecule has 0 N–H and O–H groups in total. The van der Waals surface area contributed by atoms with Crippen LogP contribution in [-0.4, -0.2) is 70.0 Å². The van der Waals surface area contributed by atoms with Crippen LogP contribution in [0.5, 0.6) is 0 Å². The van der Waals surface area contributed by atoms with Gasteiger partial charge in [0.15, 0.2) is 6.10 Å². The standard InChI is InChI=1S/C94H146NO8P/c1-6-8-10-12-14-16-18-20-22-24-26-28-30-32-34-36-38-40-42-44-46-47-49-50-52-54-56-58-60-62-64-66-68-70-72-74-76-78-80-82-84-86-93(96)100-90-92(91-102-104(98,99)101-89-88-95(3,4)5)103-94(97)87-85-83-81-79-77-75-73-71-69-67-65-63-61-59-57-55-53-51-48-45-43-41-39-37-35-33-31-29-27-25-23-21-19-17-15-13-11-9-7-2/h8-11,14-17,20-23,26-29,32-35,38-41,44-46,48-50,53-56,59,61,65,67,71,73,77,79,92H,6-7,12-13,18-19,24-25,30-31,36-37,42-43,47,51-52,57-58,60,62-64,66,68-70,72,74-76,78,80-91H2,1-5H3/b10-8-,11-9-,16-14-,17-15-,22-20-,23-21-,28-26-,29-27-,34-32-,35-33-,40-38-,41-39-,46-44-,48-45-,50-49-,55-53-,56-54-,61-59-,67-65-,73-71-,79-77-. The molecule has 0 saturated heterocycles. The number of esters is 2. The predicted molar refractivity (Wildman–Crippen MR) is 451 cm³/mol. The van der Waals surface area contributed by atoms with E-state index in [0.717, 1.165) is 167 Å². The third kappa shape index (κ3) is 84.5. The largest absolute Gasteiger partial charge is 0.756 e. The molecule has 580 valence electrons. The Morgan fingerprint density at radius 1 is 0.298 bits per heavy atom. The highest BCUT2D eigenvalue weighted by Crippen LogP contribution is 2.38. The second kappa shape index (κ2) is 80.6. The van der Waals surface area contributed by atoms with E-state index in [9.17, 15) is 19.0 Å². The summed E-state index contributed by atoms with van der Waals surface area (Å²) in [7, 11) is 1.10. The van der Waals surface area contributed by atoms with Crippen molar-refractivity contribution >= 4 is 19.8 Å². The highest BCUT2D eigenvalue weighted by atomic mass is 31.2. The van der Waals surface area contributed by atoms with Gasteiger partial charge in [0.05, 0.1) is 27.7 Å². The first-order chi connectivity index (χ1) is 51.0. The van der Waals surface area contributed by atoms with Gasteiger partial charge >= 0.3 is 11.9 Å². The lowest BCUT2D eigenvalue weighted by molar-refractivity contribution is -0.870. The minimum Gasteiger partial charge on any atom is -0.756 e. The van der Waals surface area contributed by atoms with E-state index < -0.39 is 32.5 Å². The summed E-state index contributed by atoms with van der Waals surface area (Å²) >= 11 is 0. The number of carbonyl (C=O) groups is 2. The summed E-state index contributed by atoms with van der Waals surface area (Å²) in [5.41, 5.74) is 0. The van der Waals surface area contributed by atoms with E-state index in [1.54, 1.807) is 0 Å². The molecule has 0 aromatic carbocycles. The van der Waals surface area contributed by atoms with Crippen molar-refractivity contribution in [1.82, 2.24) is 0 Å². The molecular weight excluding hydrogens is 1300 g/mol. The molecule has 2 unspecified atom stereocenters. The molecular formula is C94H146NO8P. The molecule has 0 radical (unpaired) electrons. The zero-order valence-corrected chi connectivity index (χ0v) is 67.0. The van der Waals surface area contributed by atoms with E-state index in [1.165, 1.54) is 64.2 Å². The Labute approximate surface area is 637 Å². The molecule has 104 heavy (non-hydrogen) atoms. The number of nitrogens with zero attached hydrogens (tertiary/aromatic N) is 1. The lowest BCUT2D eigenvalue weighted by atomic mass is 10.0. The number of unbranched alkanes of at least 4 members (excludes halogenated alkanes) is 15. The Bertz CT molecular complexity index is 2720. The molecule has 0 aromatic heterocycles. The van der Waals surface area contributed by atoms with Crippen LogP contribution in [0.15, 0.2) is 255 Å². The number of phosphoric ester groups is 1. The van der Waals surface area contributed by atoms with Crippen molar-refractivity contribution < 1.29 is 42.1 Å². The van der Waals surface area contributed by atoms with Crippen molar-refractivity contribution in [2.45, 2.75) is 277 Å². The molecule has 0 aromatic rings. The Kier molecular flexibility index (Phi) is 75.6. The maximum atomic E-state index is 12.9. The van der Waals surface area contributed by atoms with E-state index in [2.05, 4.69) is 269 Å². The van der Waals surface area contributed by atoms with Crippen LogP contribution in [0.3, 0.4) is 0 Å². The van der Waals surface area contributed by atoms with Gasteiger partial charge in [0.2, 0.25) is 0 Å². The third-order valence-electron chi connectivity index (χ3n) is 16.1. The number of allylic oxidation sites excluding steroid dienone is 42. The summed E-state index contributed by atoms with van der Waals surface area (Å²) in [4.78, 5) is 38.2. The second-order valence-electron chi connectivity index (χ2n) is 27.0. The van der Waals surface area contributed by atoms with Crippen LogP contribution in [0.1, 0.15) is 271 Å². The minimum atomic E-state index is -4.68. The molecule has 2 atom stereocenters. The van der Waals surface area contributed by atoms with Crippen molar-refractivity contribution in [3.8, 4) is 0 Å². The summed E-state index contributed by atoms with van der Waals surface area (Å²) in [6, 6.07) is 0. The normalized spacial score (nSPS) is 14.4. The van der Waals surface area contributed by atoms with E-state index in [-0.39, 0.29) is 26.1 Å². The molecule has 0 aliphatic carbocycles. The molecule has 0 bridgehead atoms. The first-order valence-electron chi connectivity index (χ1n) is 40.4. The molecule has 0 heterocycles. The maximum absolute atomic E-state index is 12.9. The molecule has 0 spiro atoms. The molecule has 10 heteroatoms. The minimum absolute atomic E-state index is 0.0526. The lowest BCUT2D eigenvalue weighted by Gasteiger charge is -2.28. The number of hydrogen-bond acceptors (Lipinski definition) is 8. The van der Waals surface area contributed by atoms with Crippen molar-refractivity contribution in [3.05, 3.63) is 255 Å². The third-order valence-corrected chi connectivity index (χ3v) is 17.0. The topological polar surface area (TPSA) is 111 Å². The van der Waals surface area contributed by atoms with Gasteiger partial charge < -0.3 is 27.9 Å². The molecule has 0 amide bonds. The number of ether oxygens (including phenoxy) is 2. The summed E-state index contributed by atoms with van der Waals surface area (Å²) in [6.07, 6.45) is 132. The van der Waals surface area contributed by atoms with Crippen molar-refractivity contribution in [3.63, 3.8) is 0 Å². The smallest absolute Gasteiger partial charge is 0.306 e. The summed E-state index contributed by atoms with van der Waals surface area (Å²) in [5.74, 6) is -0.902. The van der Waals surface area contributed by atoms with Crippen LogP contribution in [0.25, 0.3) is 0 Å². The van der Waals surface area contributed by atoms with Gasteiger partial charge in [0, 0.05) is 12.8 Å².